The number of hydrogen-bond donors (Lipinski definition) is 0. The second-order valence-electron chi connectivity index (χ2n) is 5.82. The number of rotatable bonds is 6. The first-order chi connectivity index (χ1) is 12.0. The summed E-state index contributed by atoms with van der Waals surface area (Å²) in [5.74, 6) is 2.52. The van der Waals surface area contributed by atoms with Gasteiger partial charge in [0.1, 0.15) is 5.76 Å². The number of amides is 1. The lowest BCUT2D eigenvalue weighted by molar-refractivity contribution is -0.115. The molecule has 3 aromatic rings. The highest BCUT2D eigenvalue weighted by Gasteiger charge is 2.18. The van der Waals surface area contributed by atoms with Crippen LogP contribution in [0.3, 0.4) is 0 Å². The Morgan fingerprint density at radius 2 is 2.08 bits per heavy atom. The van der Waals surface area contributed by atoms with Gasteiger partial charge in [-0.3, -0.25) is 9.69 Å². The third-order valence-corrected chi connectivity index (χ3v) is 5.73. The van der Waals surface area contributed by atoms with Crippen LogP contribution in [-0.4, -0.2) is 10.9 Å². The molecule has 6 heteroatoms. The van der Waals surface area contributed by atoms with Crippen molar-refractivity contribution in [1.29, 1.82) is 0 Å². The highest BCUT2D eigenvalue weighted by atomic mass is 32.2. The second-order valence-corrected chi connectivity index (χ2v) is 7.64. The third-order valence-electron chi connectivity index (χ3n) is 3.87. The first-order valence-corrected chi connectivity index (χ1v) is 10.0. The topological polar surface area (TPSA) is 46.3 Å². The Kier molecular flexibility index (Phi) is 5.60. The summed E-state index contributed by atoms with van der Waals surface area (Å²) in [6, 6.07) is 9.90. The Bertz CT molecular complexity index is 856. The summed E-state index contributed by atoms with van der Waals surface area (Å²) >= 11 is 3.24. The Morgan fingerprint density at radius 1 is 1.24 bits per heavy atom. The van der Waals surface area contributed by atoms with Gasteiger partial charge in [-0.05, 0) is 49.2 Å². The lowest BCUT2D eigenvalue weighted by atomic mass is 10.1. The quantitative estimate of drug-likeness (QED) is 0.575. The molecular weight excluding hydrogens is 352 g/mol. The molecule has 0 aliphatic heterocycles. The van der Waals surface area contributed by atoms with Gasteiger partial charge in [0.05, 0.1) is 23.4 Å². The van der Waals surface area contributed by atoms with Crippen LogP contribution in [0.2, 0.25) is 0 Å². The molecule has 4 nitrogen and oxygen atoms in total. The maximum atomic E-state index is 12.2. The van der Waals surface area contributed by atoms with Crippen molar-refractivity contribution in [3.63, 3.8) is 0 Å². The first kappa shape index (κ1) is 17.8. The largest absolute Gasteiger partial charge is 0.468 e. The maximum absolute atomic E-state index is 12.2. The summed E-state index contributed by atoms with van der Waals surface area (Å²) in [4.78, 5) is 18.5. The molecule has 1 amide bonds. The number of aryl methyl sites for hydroxylation is 2. The molecule has 2 aromatic heterocycles. The average Bonchev–Trinajstić information content (AvgIpc) is 3.23. The number of thioether (sulfide) groups is 1. The van der Waals surface area contributed by atoms with E-state index in [9.17, 15) is 4.79 Å². The van der Waals surface area contributed by atoms with E-state index in [0.29, 0.717) is 5.13 Å². The number of benzene rings is 1. The van der Waals surface area contributed by atoms with E-state index in [1.165, 1.54) is 16.9 Å². The van der Waals surface area contributed by atoms with Crippen molar-refractivity contribution < 1.29 is 9.21 Å². The predicted octanol–water partition coefficient (Wildman–Crippen LogP) is 5.47. The van der Waals surface area contributed by atoms with Crippen molar-refractivity contribution in [2.75, 3.05) is 4.90 Å². The molecule has 0 aliphatic carbocycles. The van der Waals surface area contributed by atoms with Crippen molar-refractivity contribution >= 4 is 39.8 Å². The van der Waals surface area contributed by atoms with Crippen LogP contribution >= 0.6 is 23.1 Å². The van der Waals surface area contributed by atoms with Gasteiger partial charge >= 0.3 is 0 Å². The van der Waals surface area contributed by atoms with E-state index in [1.54, 1.807) is 29.8 Å². The van der Waals surface area contributed by atoms with E-state index in [-0.39, 0.29) is 5.91 Å². The molecule has 0 saturated heterocycles. The van der Waals surface area contributed by atoms with Crippen LogP contribution < -0.4 is 4.90 Å². The fourth-order valence-corrected chi connectivity index (χ4v) is 4.22. The Hall–Kier alpha value is -2.05. The van der Waals surface area contributed by atoms with Gasteiger partial charge in [-0.2, -0.15) is 0 Å². The highest BCUT2D eigenvalue weighted by molar-refractivity contribution is 7.97. The fraction of sp³-hybridized carbons (Fsp3) is 0.263. The van der Waals surface area contributed by atoms with E-state index >= 15 is 0 Å². The Morgan fingerprint density at radius 3 is 2.76 bits per heavy atom. The minimum atomic E-state index is -0.0348. The van der Waals surface area contributed by atoms with E-state index < -0.39 is 0 Å². The average molecular weight is 373 g/mol. The van der Waals surface area contributed by atoms with Crippen molar-refractivity contribution in [1.82, 2.24) is 4.98 Å². The van der Waals surface area contributed by atoms with Gasteiger partial charge in [0.2, 0.25) is 5.91 Å². The summed E-state index contributed by atoms with van der Waals surface area (Å²) < 4.78 is 5.33. The first-order valence-electron chi connectivity index (χ1n) is 7.97. The SMILES string of the molecule is CC(=O)N(c1ccc(C)c(C)c1)c1nc(CSCc2ccco2)cs1. The Balaban J connectivity index is 1.73. The number of hydrogen-bond acceptors (Lipinski definition) is 5. The van der Waals surface area contributed by atoms with Crippen LogP contribution in [-0.2, 0) is 16.3 Å². The zero-order valence-corrected chi connectivity index (χ0v) is 16.1. The Labute approximate surface area is 155 Å². The standard InChI is InChI=1S/C19H20N2O2S2/c1-13-6-7-17(9-14(13)2)21(15(3)22)19-20-16(11-25-19)10-24-12-18-5-4-8-23-18/h4-9,11H,10,12H2,1-3H3. The minimum absolute atomic E-state index is 0.0348. The van der Waals surface area contributed by atoms with Gasteiger partial charge in [0.25, 0.3) is 0 Å². The number of aromatic nitrogens is 1. The molecule has 2 heterocycles. The molecule has 0 fully saturated rings. The summed E-state index contributed by atoms with van der Waals surface area (Å²) in [6.45, 7) is 5.69. The molecule has 0 saturated carbocycles. The number of thiazole rings is 1. The summed E-state index contributed by atoms with van der Waals surface area (Å²) in [6.07, 6.45) is 1.69. The van der Waals surface area contributed by atoms with Gasteiger partial charge in [-0.1, -0.05) is 6.07 Å². The molecule has 0 radical (unpaired) electrons. The molecule has 0 bridgehead atoms. The fourth-order valence-electron chi connectivity index (χ4n) is 2.41. The predicted molar refractivity (Wildman–Crippen MR) is 105 cm³/mol. The van der Waals surface area contributed by atoms with E-state index in [2.05, 4.69) is 18.8 Å². The summed E-state index contributed by atoms with van der Waals surface area (Å²) in [5, 5.41) is 2.73. The number of nitrogens with zero attached hydrogens (tertiary/aromatic N) is 2. The molecule has 0 N–H and O–H groups in total. The third kappa shape index (κ3) is 4.32. The van der Waals surface area contributed by atoms with Crippen LogP contribution in [0, 0.1) is 13.8 Å². The van der Waals surface area contributed by atoms with Crippen LogP contribution in [0.25, 0.3) is 0 Å². The number of carbonyl (C=O) groups is 1. The van der Waals surface area contributed by atoms with Crippen LogP contribution in [0.4, 0.5) is 10.8 Å². The summed E-state index contributed by atoms with van der Waals surface area (Å²) in [5.41, 5.74) is 4.21. The lowest BCUT2D eigenvalue weighted by Gasteiger charge is -2.19. The van der Waals surface area contributed by atoms with E-state index in [0.717, 1.165) is 34.2 Å². The summed E-state index contributed by atoms with van der Waals surface area (Å²) in [7, 11) is 0. The van der Waals surface area contributed by atoms with Gasteiger partial charge in [0.15, 0.2) is 5.13 Å². The molecule has 3 rings (SSSR count). The zero-order chi connectivity index (χ0) is 17.8. The van der Waals surface area contributed by atoms with E-state index in [4.69, 9.17) is 4.42 Å². The molecule has 0 spiro atoms. The van der Waals surface area contributed by atoms with Crippen molar-refractivity contribution in [3.8, 4) is 0 Å². The second kappa shape index (κ2) is 7.89. The molecule has 25 heavy (non-hydrogen) atoms. The number of furan rings is 1. The normalized spacial score (nSPS) is 10.8. The van der Waals surface area contributed by atoms with Crippen molar-refractivity contribution in [2.45, 2.75) is 32.3 Å². The zero-order valence-electron chi connectivity index (χ0n) is 14.5. The molecule has 130 valence electrons. The van der Waals surface area contributed by atoms with Crippen LogP contribution in [0.15, 0.2) is 46.4 Å². The van der Waals surface area contributed by atoms with Gasteiger partial charge < -0.3 is 4.42 Å². The van der Waals surface area contributed by atoms with Crippen molar-refractivity contribution in [2.24, 2.45) is 0 Å². The smallest absolute Gasteiger partial charge is 0.230 e. The van der Waals surface area contributed by atoms with Gasteiger partial charge in [0, 0.05) is 18.1 Å². The van der Waals surface area contributed by atoms with Gasteiger partial charge in [-0.25, -0.2) is 4.98 Å². The van der Waals surface area contributed by atoms with Crippen LogP contribution in [0.5, 0.6) is 0 Å². The minimum Gasteiger partial charge on any atom is -0.468 e. The van der Waals surface area contributed by atoms with Crippen LogP contribution in [0.1, 0.15) is 29.5 Å². The highest BCUT2D eigenvalue weighted by Crippen LogP contribution is 2.31. The van der Waals surface area contributed by atoms with E-state index in [1.807, 2.05) is 35.7 Å². The number of anilines is 2. The monoisotopic (exact) mass is 372 g/mol. The molecular formula is C19H20N2O2S2. The molecule has 0 unspecified atom stereocenters. The van der Waals surface area contributed by atoms with Crippen molar-refractivity contribution in [3.05, 3.63) is 64.6 Å². The molecule has 0 aliphatic rings. The molecule has 1 aromatic carbocycles. The number of carbonyl (C=O) groups excluding carboxylic acids is 1. The van der Waals surface area contributed by atoms with Gasteiger partial charge in [-0.15, -0.1) is 23.1 Å². The lowest BCUT2D eigenvalue weighted by Crippen LogP contribution is -2.22. The maximum Gasteiger partial charge on any atom is 0.230 e. The molecule has 0 atom stereocenters.